The molecule has 24 heavy (non-hydrogen) atoms. The van der Waals surface area contributed by atoms with E-state index in [2.05, 4.69) is 27.3 Å². The number of para-hydroxylation sites is 2. The molecular weight excluding hydrogens is 322 g/mol. The summed E-state index contributed by atoms with van der Waals surface area (Å²) in [5, 5.41) is 5.87. The first-order valence-corrected chi connectivity index (χ1v) is 9.91. The highest BCUT2D eigenvalue weighted by Gasteiger charge is 2.27. The van der Waals surface area contributed by atoms with Gasteiger partial charge in [-0.3, -0.25) is 4.90 Å². The third-order valence-electron chi connectivity index (χ3n) is 4.98. The molecule has 2 fully saturated rings. The predicted octanol–water partition coefficient (Wildman–Crippen LogP) is 3.03. The first-order valence-electron chi connectivity index (χ1n) is 8.76. The zero-order valence-electron chi connectivity index (χ0n) is 14.3. The van der Waals surface area contributed by atoms with Crippen molar-refractivity contribution in [2.75, 3.05) is 43.6 Å². The van der Waals surface area contributed by atoms with Crippen LogP contribution in [0.4, 0.5) is 10.5 Å². The smallest absolute Gasteiger partial charge is 0.319 e. The molecule has 1 atom stereocenters. The van der Waals surface area contributed by atoms with E-state index in [1.54, 1.807) is 7.11 Å². The first-order chi connectivity index (χ1) is 11.8. The van der Waals surface area contributed by atoms with Crippen molar-refractivity contribution in [2.24, 2.45) is 5.92 Å². The largest absolute Gasteiger partial charge is 0.495 e. The van der Waals surface area contributed by atoms with Gasteiger partial charge in [0.1, 0.15) is 5.75 Å². The highest BCUT2D eigenvalue weighted by molar-refractivity contribution is 7.99. The summed E-state index contributed by atoms with van der Waals surface area (Å²) in [6.07, 6.45) is 3.70. The van der Waals surface area contributed by atoms with Crippen molar-refractivity contribution >= 4 is 23.5 Å². The van der Waals surface area contributed by atoms with Crippen LogP contribution in [0.15, 0.2) is 24.3 Å². The Morgan fingerprint density at radius 2 is 2.08 bits per heavy atom. The molecule has 2 aliphatic heterocycles. The first kappa shape index (κ1) is 17.4. The number of carbonyl (C=O) groups is 1. The fourth-order valence-corrected chi connectivity index (χ4v) is 4.74. The maximum Gasteiger partial charge on any atom is 0.319 e. The average molecular weight is 350 g/mol. The van der Waals surface area contributed by atoms with Crippen molar-refractivity contribution < 1.29 is 9.53 Å². The normalized spacial score (nSPS) is 22.3. The zero-order chi connectivity index (χ0) is 16.8. The van der Waals surface area contributed by atoms with E-state index < -0.39 is 0 Å². The topological polar surface area (TPSA) is 53.6 Å². The van der Waals surface area contributed by atoms with Crippen LogP contribution < -0.4 is 15.4 Å². The molecule has 1 aromatic rings. The molecule has 2 amide bonds. The quantitative estimate of drug-likeness (QED) is 0.858. The van der Waals surface area contributed by atoms with Gasteiger partial charge in [-0.05, 0) is 56.2 Å². The fraction of sp³-hybridized carbons (Fsp3) is 0.611. The molecule has 132 valence electrons. The van der Waals surface area contributed by atoms with Crippen LogP contribution in [0.3, 0.4) is 0 Å². The van der Waals surface area contributed by atoms with Crippen molar-refractivity contribution in [1.82, 2.24) is 10.2 Å². The van der Waals surface area contributed by atoms with E-state index in [9.17, 15) is 4.79 Å². The second kappa shape index (κ2) is 8.62. The standard InChI is InChI=1S/C18H27N3O2S/c1-23-17-5-3-2-4-16(17)20-18(22)19-12-14-6-9-21(10-7-14)15-8-11-24-13-15/h2-5,14-15H,6-13H2,1H3,(H2,19,20,22)/t15-/m0/s1. The molecule has 0 radical (unpaired) electrons. The van der Waals surface area contributed by atoms with E-state index in [1.165, 1.54) is 43.9 Å². The number of thioether (sulfide) groups is 1. The number of methoxy groups -OCH3 is 1. The SMILES string of the molecule is COc1ccccc1NC(=O)NCC1CCN([C@H]2CCSC2)CC1. The second-order valence-corrected chi connectivity index (χ2v) is 7.68. The van der Waals surface area contributed by atoms with E-state index in [0.29, 0.717) is 17.4 Å². The fourth-order valence-electron chi connectivity index (χ4n) is 3.48. The van der Waals surface area contributed by atoms with Crippen molar-refractivity contribution in [3.63, 3.8) is 0 Å². The number of urea groups is 1. The molecule has 2 N–H and O–H groups in total. The van der Waals surface area contributed by atoms with Crippen LogP contribution in [0.5, 0.6) is 5.75 Å². The van der Waals surface area contributed by atoms with Gasteiger partial charge in [0, 0.05) is 18.3 Å². The van der Waals surface area contributed by atoms with Gasteiger partial charge in [-0.2, -0.15) is 11.8 Å². The number of rotatable bonds is 5. The summed E-state index contributed by atoms with van der Waals surface area (Å²) in [5.41, 5.74) is 0.700. The molecular formula is C18H27N3O2S. The lowest BCUT2D eigenvalue weighted by Gasteiger charge is -2.35. The van der Waals surface area contributed by atoms with E-state index in [-0.39, 0.29) is 6.03 Å². The van der Waals surface area contributed by atoms with Crippen LogP contribution in [0.25, 0.3) is 0 Å². The predicted molar refractivity (Wildman–Crippen MR) is 100 cm³/mol. The molecule has 0 unspecified atom stereocenters. The van der Waals surface area contributed by atoms with Crippen LogP contribution in [0.1, 0.15) is 19.3 Å². The number of ether oxygens (including phenoxy) is 1. The maximum atomic E-state index is 12.1. The summed E-state index contributed by atoms with van der Waals surface area (Å²) in [5.74, 6) is 3.87. The number of nitrogens with zero attached hydrogens (tertiary/aromatic N) is 1. The Hall–Kier alpha value is -1.40. The highest BCUT2D eigenvalue weighted by atomic mass is 32.2. The van der Waals surface area contributed by atoms with Gasteiger partial charge in [0.25, 0.3) is 0 Å². The Kier molecular flexibility index (Phi) is 6.26. The van der Waals surface area contributed by atoms with Crippen LogP contribution in [-0.4, -0.2) is 55.2 Å². The average Bonchev–Trinajstić information content (AvgIpc) is 3.15. The molecule has 2 heterocycles. The maximum absolute atomic E-state index is 12.1. The van der Waals surface area contributed by atoms with Crippen LogP contribution in [0, 0.1) is 5.92 Å². The van der Waals surface area contributed by atoms with E-state index in [1.807, 2.05) is 24.3 Å². The van der Waals surface area contributed by atoms with Crippen molar-refractivity contribution in [3.05, 3.63) is 24.3 Å². The van der Waals surface area contributed by atoms with Crippen LogP contribution in [0.2, 0.25) is 0 Å². The molecule has 0 bridgehead atoms. The summed E-state index contributed by atoms with van der Waals surface area (Å²) in [7, 11) is 1.61. The number of piperidine rings is 1. The minimum Gasteiger partial charge on any atom is -0.495 e. The molecule has 1 aromatic carbocycles. The van der Waals surface area contributed by atoms with Crippen molar-refractivity contribution in [1.29, 1.82) is 0 Å². The van der Waals surface area contributed by atoms with Gasteiger partial charge in [0.15, 0.2) is 0 Å². The molecule has 3 rings (SSSR count). The number of carbonyl (C=O) groups excluding carboxylic acids is 1. The number of anilines is 1. The molecule has 0 aromatic heterocycles. The Bertz CT molecular complexity index is 541. The summed E-state index contributed by atoms with van der Waals surface area (Å²) < 4.78 is 5.25. The number of benzene rings is 1. The highest BCUT2D eigenvalue weighted by Crippen LogP contribution is 2.27. The van der Waals surface area contributed by atoms with Crippen molar-refractivity contribution in [2.45, 2.75) is 25.3 Å². The molecule has 2 saturated heterocycles. The minimum atomic E-state index is -0.158. The van der Waals surface area contributed by atoms with Crippen LogP contribution in [-0.2, 0) is 0 Å². The number of hydrogen-bond acceptors (Lipinski definition) is 4. The summed E-state index contributed by atoms with van der Waals surface area (Å²) in [4.78, 5) is 14.8. The van der Waals surface area contributed by atoms with Crippen LogP contribution >= 0.6 is 11.8 Å². The Morgan fingerprint density at radius 1 is 1.29 bits per heavy atom. The number of nitrogens with one attached hydrogen (secondary N) is 2. The minimum absolute atomic E-state index is 0.158. The summed E-state index contributed by atoms with van der Waals surface area (Å²) in [6.45, 7) is 3.09. The van der Waals surface area contributed by atoms with Gasteiger partial charge in [-0.15, -0.1) is 0 Å². The Labute approximate surface area is 148 Å². The summed E-state index contributed by atoms with van der Waals surface area (Å²) in [6, 6.07) is 8.09. The van der Waals surface area contributed by atoms with Gasteiger partial charge >= 0.3 is 6.03 Å². The van der Waals surface area contributed by atoms with E-state index in [4.69, 9.17) is 4.74 Å². The van der Waals surface area contributed by atoms with E-state index >= 15 is 0 Å². The zero-order valence-corrected chi connectivity index (χ0v) is 15.1. The Balaban J connectivity index is 1.39. The number of amides is 2. The molecule has 0 aliphatic carbocycles. The van der Waals surface area contributed by atoms with Gasteiger partial charge < -0.3 is 15.4 Å². The van der Waals surface area contributed by atoms with Gasteiger partial charge in [0.2, 0.25) is 0 Å². The molecule has 0 spiro atoms. The lowest BCUT2D eigenvalue weighted by molar-refractivity contribution is 0.143. The summed E-state index contributed by atoms with van der Waals surface area (Å²) >= 11 is 2.08. The molecule has 6 heteroatoms. The van der Waals surface area contributed by atoms with Crippen molar-refractivity contribution in [3.8, 4) is 5.75 Å². The number of hydrogen-bond donors (Lipinski definition) is 2. The van der Waals surface area contributed by atoms with E-state index in [0.717, 1.165) is 12.6 Å². The van der Waals surface area contributed by atoms with Gasteiger partial charge in [-0.25, -0.2) is 4.79 Å². The molecule has 0 saturated carbocycles. The molecule has 2 aliphatic rings. The monoisotopic (exact) mass is 349 g/mol. The lowest BCUT2D eigenvalue weighted by Crippen LogP contribution is -2.44. The van der Waals surface area contributed by atoms with Gasteiger partial charge in [0.05, 0.1) is 12.8 Å². The van der Waals surface area contributed by atoms with Gasteiger partial charge in [-0.1, -0.05) is 12.1 Å². The third kappa shape index (κ3) is 4.57. The second-order valence-electron chi connectivity index (χ2n) is 6.53. The lowest BCUT2D eigenvalue weighted by atomic mass is 9.95. The Morgan fingerprint density at radius 3 is 2.79 bits per heavy atom. The number of likely N-dealkylation sites (tertiary alicyclic amines) is 1. The third-order valence-corrected chi connectivity index (χ3v) is 6.12. The molecule has 5 nitrogen and oxygen atoms in total.